The molecule has 1 aliphatic rings. The number of nitrogens with one attached hydrogen (secondary N) is 1. The summed E-state index contributed by atoms with van der Waals surface area (Å²) in [6.07, 6.45) is 6.22. The van der Waals surface area contributed by atoms with Crippen molar-refractivity contribution in [3.8, 4) is 5.88 Å². The Hall–Kier alpha value is -1.32. The molecule has 106 valence electrons. The Kier molecular flexibility index (Phi) is 4.61. The van der Waals surface area contributed by atoms with E-state index in [1.165, 1.54) is 25.7 Å². The predicted molar refractivity (Wildman–Crippen MR) is 77.6 cm³/mol. The summed E-state index contributed by atoms with van der Waals surface area (Å²) in [6, 6.07) is 1.89. The zero-order valence-corrected chi connectivity index (χ0v) is 12.3. The summed E-state index contributed by atoms with van der Waals surface area (Å²) in [5.74, 6) is 1.38. The van der Waals surface area contributed by atoms with Gasteiger partial charge in [0.1, 0.15) is 0 Å². The molecule has 19 heavy (non-hydrogen) atoms. The van der Waals surface area contributed by atoms with Crippen molar-refractivity contribution in [1.29, 1.82) is 0 Å². The third-order valence-electron chi connectivity index (χ3n) is 4.07. The molecule has 1 N–H and O–H groups in total. The second kappa shape index (κ2) is 6.22. The highest BCUT2D eigenvalue weighted by molar-refractivity contribution is 5.31. The molecule has 0 saturated heterocycles. The van der Waals surface area contributed by atoms with Gasteiger partial charge in [0.25, 0.3) is 0 Å². The molecule has 4 heteroatoms. The minimum atomic E-state index is 0.470. The first-order chi connectivity index (χ1) is 9.17. The number of hydrogen-bond acceptors (Lipinski definition) is 4. The SMILES string of the molecule is CCCOc1cc(C)nc(NCC2(CC)CCC2)n1. The fourth-order valence-electron chi connectivity index (χ4n) is 2.50. The van der Waals surface area contributed by atoms with Gasteiger partial charge in [-0.1, -0.05) is 20.3 Å². The van der Waals surface area contributed by atoms with Crippen molar-refractivity contribution in [2.45, 2.75) is 52.9 Å². The maximum absolute atomic E-state index is 5.58. The third-order valence-corrected chi connectivity index (χ3v) is 4.07. The average Bonchev–Trinajstić information content (AvgIpc) is 2.35. The minimum absolute atomic E-state index is 0.470. The monoisotopic (exact) mass is 263 g/mol. The van der Waals surface area contributed by atoms with Crippen LogP contribution in [0.4, 0.5) is 5.95 Å². The van der Waals surface area contributed by atoms with Gasteiger partial charge in [0.15, 0.2) is 0 Å². The highest BCUT2D eigenvalue weighted by Gasteiger charge is 2.34. The van der Waals surface area contributed by atoms with Crippen LogP contribution in [0.5, 0.6) is 5.88 Å². The Morgan fingerprint density at radius 1 is 1.32 bits per heavy atom. The number of ether oxygens (including phenoxy) is 1. The molecule has 0 aliphatic heterocycles. The van der Waals surface area contributed by atoms with Gasteiger partial charge in [-0.15, -0.1) is 0 Å². The first-order valence-electron chi connectivity index (χ1n) is 7.40. The molecular formula is C15H25N3O. The van der Waals surface area contributed by atoms with Gasteiger partial charge >= 0.3 is 0 Å². The van der Waals surface area contributed by atoms with Crippen molar-refractivity contribution < 1.29 is 4.74 Å². The quantitative estimate of drug-likeness (QED) is 0.817. The van der Waals surface area contributed by atoms with Crippen LogP contribution < -0.4 is 10.1 Å². The number of nitrogens with zero attached hydrogens (tertiary/aromatic N) is 2. The molecule has 0 atom stereocenters. The van der Waals surface area contributed by atoms with Crippen LogP contribution >= 0.6 is 0 Å². The largest absolute Gasteiger partial charge is 0.478 e. The highest BCUT2D eigenvalue weighted by atomic mass is 16.5. The summed E-state index contributed by atoms with van der Waals surface area (Å²) in [5.41, 5.74) is 1.42. The normalized spacial score (nSPS) is 16.8. The van der Waals surface area contributed by atoms with Crippen molar-refractivity contribution in [3.05, 3.63) is 11.8 Å². The van der Waals surface area contributed by atoms with Crippen LogP contribution in [-0.4, -0.2) is 23.1 Å². The Bertz CT molecular complexity index is 410. The Morgan fingerprint density at radius 3 is 2.68 bits per heavy atom. The van der Waals surface area contributed by atoms with Gasteiger partial charge < -0.3 is 10.1 Å². The van der Waals surface area contributed by atoms with E-state index in [-0.39, 0.29) is 0 Å². The zero-order chi connectivity index (χ0) is 13.7. The molecule has 0 amide bonds. The summed E-state index contributed by atoms with van der Waals surface area (Å²) in [4.78, 5) is 8.86. The Morgan fingerprint density at radius 2 is 2.11 bits per heavy atom. The van der Waals surface area contributed by atoms with E-state index in [1.807, 2.05) is 13.0 Å². The van der Waals surface area contributed by atoms with Gasteiger partial charge in [-0.25, -0.2) is 4.98 Å². The molecule has 0 unspecified atom stereocenters. The Labute approximate surface area is 116 Å². The van der Waals surface area contributed by atoms with Gasteiger partial charge in [-0.3, -0.25) is 0 Å². The summed E-state index contributed by atoms with van der Waals surface area (Å²) < 4.78 is 5.58. The summed E-state index contributed by atoms with van der Waals surface area (Å²) in [6.45, 7) is 8.02. The molecule has 1 fully saturated rings. The van der Waals surface area contributed by atoms with Crippen molar-refractivity contribution in [2.24, 2.45) is 5.41 Å². The summed E-state index contributed by atoms with van der Waals surface area (Å²) >= 11 is 0. The van der Waals surface area contributed by atoms with Crippen LogP contribution in [0.1, 0.15) is 51.6 Å². The molecule has 1 aliphatic carbocycles. The van der Waals surface area contributed by atoms with Gasteiger partial charge in [-0.05, 0) is 38.0 Å². The second-order valence-corrected chi connectivity index (χ2v) is 5.58. The Balaban J connectivity index is 1.97. The maximum atomic E-state index is 5.58. The van der Waals surface area contributed by atoms with E-state index in [2.05, 4.69) is 29.1 Å². The van der Waals surface area contributed by atoms with Crippen molar-refractivity contribution in [3.63, 3.8) is 0 Å². The fraction of sp³-hybridized carbons (Fsp3) is 0.733. The topological polar surface area (TPSA) is 47.0 Å². The van der Waals surface area contributed by atoms with Crippen LogP contribution in [0.3, 0.4) is 0 Å². The van der Waals surface area contributed by atoms with Gasteiger partial charge in [0, 0.05) is 18.3 Å². The van der Waals surface area contributed by atoms with E-state index in [4.69, 9.17) is 4.74 Å². The predicted octanol–water partition coefficient (Wildman–Crippen LogP) is 3.57. The lowest BCUT2D eigenvalue weighted by molar-refractivity contribution is 0.144. The molecule has 0 spiro atoms. The van der Waals surface area contributed by atoms with Crippen molar-refractivity contribution in [2.75, 3.05) is 18.5 Å². The molecule has 1 heterocycles. The molecule has 1 saturated carbocycles. The average molecular weight is 263 g/mol. The first-order valence-corrected chi connectivity index (χ1v) is 7.40. The van der Waals surface area contributed by atoms with Crippen LogP contribution in [0.2, 0.25) is 0 Å². The van der Waals surface area contributed by atoms with Gasteiger partial charge in [0.2, 0.25) is 11.8 Å². The van der Waals surface area contributed by atoms with Crippen molar-refractivity contribution >= 4 is 5.95 Å². The van der Waals surface area contributed by atoms with Gasteiger partial charge in [0.05, 0.1) is 6.61 Å². The molecule has 4 nitrogen and oxygen atoms in total. The summed E-state index contributed by atoms with van der Waals surface area (Å²) in [7, 11) is 0. The molecule has 2 rings (SSSR count). The highest BCUT2D eigenvalue weighted by Crippen LogP contribution is 2.43. The third kappa shape index (κ3) is 3.58. The van der Waals surface area contributed by atoms with Crippen LogP contribution in [0.25, 0.3) is 0 Å². The van der Waals surface area contributed by atoms with Gasteiger partial charge in [-0.2, -0.15) is 4.98 Å². The number of hydrogen-bond donors (Lipinski definition) is 1. The fourth-order valence-corrected chi connectivity index (χ4v) is 2.50. The summed E-state index contributed by atoms with van der Waals surface area (Å²) in [5, 5.41) is 3.39. The second-order valence-electron chi connectivity index (χ2n) is 5.58. The minimum Gasteiger partial charge on any atom is -0.478 e. The molecule has 0 aromatic carbocycles. The number of aryl methyl sites for hydroxylation is 1. The number of rotatable bonds is 7. The van der Waals surface area contributed by atoms with E-state index in [0.29, 0.717) is 23.9 Å². The lowest BCUT2D eigenvalue weighted by atomic mass is 9.67. The molecular weight excluding hydrogens is 238 g/mol. The number of anilines is 1. The van der Waals surface area contributed by atoms with E-state index < -0.39 is 0 Å². The lowest BCUT2D eigenvalue weighted by Gasteiger charge is -2.41. The van der Waals surface area contributed by atoms with Crippen molar-refractivity contribution in [1.82, 2.24) is 9.97 Å². The maximum Gasteiger partial charge on any atom is 0.226 e. The standard InChI is InChI=1S/C15H25N3O/c1-4-9-19-13-10-12(3)17-14(18-13)16-11-15(5-2)7-6-8-15/h10H,4-9,11H2,1-3H3,(H,16,17,18). The van der Waals surface area contributed by atoms with Crippen LogP contribution in [0, 0.1) is 12.3 Å². The molecule has 1 aromatic rings. The number of aromatic nitrogens is 2. The lowest BCUT2D eigenvalue weighted by Crippen LogP contribution is -2.36. The van der Waals surface area contributed by atoms with E-state index >= 15 is 0 Å². The van der Waals surface area contributed by atoms with E-state index in [0.717, 1.165) is 18.7 Å². The van der Waals surface area contributed by atoms with E-state index in [9.17, 15) is 0 Å². The van der Waals surface area contributed by atoms with Crippen LogP contribution in [0.15, 0.2) is 6.07 Å². The first kappa shape index (κ1) is 14.1. The van der Waals surface area contributed by atoms with E-state index in [1.54, 1.807) is 0 Å². The molecule has 1 aromatic heterocycles. The zero-order valence-electron chi connectivity index (χ0n) is 12.3. The van der Waals surface area contributed by atoms with Crippen LogP contribution in [-0.2, 0) is 0 Å². The molecule has 0 radical (unpaired) electrons. The molecule has 0 bridgehead atoms. The smallest absolute Gasteiger partial charge is 0.226 e.